The van der Waals surface area contributed by atoms with Crippen LogP contribution in [0, 0.1) is 5.82 Å². The average Bonchev–Trinajstić information content (AvgIpc) is 2.34. The number of nitrogens with one attached hydrogen (secondary N) is 1. The van der Waals surface area contributed by atoms with Gasteiger partial charge in [0, 0.05) is 4.47 Å². The zero-order valence-corrected chi connectivity index (χ0v) is 12.5. The smallest absolute Gasteiger partial charge is 0.148 e. The van der Waals surface area contributed by atoms with Gasteiger partial charge in [0.15, 0.2) is 0 Å². The Hall–Kier alpha value is -1.31. The minimum Gasteiger partial charge on any atom is -0.388 e. The maximum absolute atomic E-state index is 13.1. The topological polar surface area (TPSA) is 63.8 Å². The van der Waals surface area contributed by atoms with Gasteiger partial charge in [0.25, 0.3) is 0 Å². The van der Waals surface area contributed by atoms with E-state index in [1.807, 2.05) is 0 Å². The Morgan fingerprint density at radius 1 is 1.37 bits per heavy atom. The van der Waals surface area contributed by atoms with Gasteiger partial charge < -0.3 is 11.1 Å². The number of nitrogens with two attached hydrogens (primary N) is 1. The highest BCUT2D eigenvalue weighted by Crippen LogP contribution is 2.33. The lowest BCUT2D eigenvalue weighted by atomic mass is 10.3. The van der Waals surface area contributed by atoms with Crippen LogP contribution in [0.25, 0.3) is 0 Å². The molecule has 1 heterocycles. The summed E-state index contributed by atoms with van der Waals surface area (Å²) in [7, 11) is 0. The largest absolute Gasteiger partial charge is 0.388 e. The normalized spacial score (nSPS) is 10.3. The monoisotopic (exact) mass is 360 g/mol. The van der Waals surface area contributed by atoms with E-state index in [9.17, 15) is 4.39 Å². The zero-order chi connectivity index (χ0) is 14.0. The Labute approximate surface area is 127 Å². The van der Waals surface area contributed by atoms with E-state index < -0.39 is 5.82 Å². The predicted octanol–water partition coefficient (Wildman–Crippen LogP) is 3.41. The molecule has 0 aliphatic carbocycles. The quantitative estimate of drug-likeness (QED) is 0.820. The Bertz CT molecular complexity index is 612. The van der Waals surface area contributed by atoms with Crippen molar-refractivity contribution in [3.8, 4) is 0 Å². The van der Waals surface area contributed by atoms with E-state index in [1.54, 1.807) is 0 Å². The van der Waals surface area contributed by atoms with Crippen LogP contribution in [0.4, 0.5) is 15.9 Å². The van der Waals surface area contributed by atoms with Gasteiger partial charge in [0.05, 0.1) is 23.1 Å². The second-order valence-corrected chi connectivity index (χ2v) is 5.22. The SMILES string of the molecule is NC(=S)c1cnc(Nc2c(Cl)cc(F)cc2Br)cn1. The first-order valence-electron chi connectivity index (χ1n) is 5.01. The van der Waals surface area contributed by atoms with Crippen molar-refractivity contribution in [1.82, 2.24) is 9.97 Å². The number of nitrogens with zero attached hydrogens (tertiary/aromatic N) is 2. The highest BCUT2D eigenvalue weighted by Gasteiger charge is 2.09. The Kier molecular flexibility index (Phi) is 4.28. The van der Waals surface area contributed by atoms with Crippen LogP contribution in [-0.2, 0) is 0 Å². The molecule has 0 bridgehead atoms. The number of thiocarbonyl (C=S) groups is 1. The minimum atomic E-state index is -0.433. The van der Waals surface area contributed by atoms with E-state index in [0.29, 0.717) is 21.7 Å². The lowest BCUT2D eigenvalue weighted by Gasteiger charge is -2.10. The molecule has 0 unspecified atom stereocenters. The lowest BCUT2D eigenvalue weighted by Crippen LogP contribution is -2.12. The Morgan fingerprint density at radius 3 is 2.63 bits per heavy atom. The van der Waals surface area contributed by atoms with Crippen LogP contribution in [0.2, 0.25) is 5.02 Å². The summed E-state index contributed by atoms with van der Waals surface area (Å²) >= 11 is 13.9. The van der Waals surface area contributed by atoms with Crippen molar-refractivity contribution < 1.29 is 4.39 Å². The molecule has 0 fully saturated rings. The van der Waals surface area contributed by atoms with Crippen molar-refractivity contribution in [2.45, 2.75) is 0 Å². The molecule has 3 N–H and O–H groups in total. The third-order valence-electron chi connectivity index (χ3n) is 2.16. The van der Waals surface area contributed by atoms with Crippen molar-refractivity contribution >= 4 is 56.2 Å². The molecular formula is C11H7BrClFN4S. The number of hydrogen-bond donors (Lipinski definition) is 2. The molecule has 0 radical (unpaired) electrons. The van der Waals surface area contributed by atoms with Crippen LogP contribution in [0.15, 0.2) is 29.0 Å². The first-order chi connectivity index (χ1) is 8.97. The van der Waals surface area contributed by atoms with Crippen molar-refractivity contribution in [3.63, 3.8) is 0 Å². The summed E-state index contributed by atoms with van der Waals surface area (Å²) in [5.74, 6) is 0.00606. The number of aromatic nitrogens is 2. The number of hydrogen-bond acceptors (Lipinski definition) is 4. The number of rotatable bonds is 3. The fourth-order valence-electron chi connectivity index (χ4n) is 1.31. The van der Waals surface area contributed by atoms with Crippen LogP contribution in [0.1, 0.15) is 5.69 Å². The molecule has 0 spiro atoms. The highest BCUT2D eigenvalue weighted by molar-refractivity contribution is 9.10. The maximum Gasteiger partial charge on any atom is 0.148 e. The molecule has 2 rings (SSSR count). The van der Waals surface area contributed by atoms with Crippen LogP contribution < -0.4 is 11.1 Å². The summed E-state index contributed by atoms with van der Waals surface area (Å²) in [6.45, 7) is 0. The molecular weight excluding hydrogens is 355 g/mol. The van der Waals surface area contributed by atoms with Crippen molar-refractivity contribution in [3.05, 3.63) is 45.5 Å². The number of anilines is 2. The third-order valence-corrected chi connectivity index (χ3v) is 3.30. The summed E-state index contributed by atoms with van der Waals surface area (Å²) in [5.41, 5.74) is 6.34. The Morgan fingerprint density at radius 2 is 2.11 bits per heavy atom. The van der Waals surface area contributed by atoms with Crippen LogP contribution in [0.5, 0.6) is 0 Å². The van der Waals surface area contributed by atoms with Crippen molar-refractivity contribution in [1.29, 1.82) is 0 Å². The minimum absolute atomic E-state index is 0.167. The molecule has 4 nitrogen and oxygen atoms in total. The van der Waals surface area contributed by atoms with Gasteiger partial charge in [-0.05, 0) is 28.1 Å². The van der Waals surface area contributed by atoms with Crippen LogP contribution in [-0.4, -0.2) is 15.0 Å². The first kappa shape index (κ1) is 14.1. The van der Waals surface area contributed by atoms with E-state index >= 15 is 0 Å². The van der Waals surface area contributed by atoms with Gasteiger partial charge >= 0.3 is 0 Å². The summed E-state index contributed by atoms with van der Waals surface area (Å²) in [4.78, 5) is 8.28. The summed E-state index contributed by atoms with van der Waals surface area (Å²) in [5, 5.41) is 3.16. The van der Waals surface area contributed by atoms with Crippen molar-refractivity contribution in [2.75, 3.05) is 5.32 Å². The molecule has 0 saturated heterocycles. The molecule has 0 aliphatic rings. The first-order valence-corrected chi connectivity index (χ1v) is 6.58. The standard InChI is InChI=1S/C11H7BrClFN4S/c12-6-1-5(14)2-7(13)10(6)18-9-4-16-8(3-17-9)11(15)19/h1-4H,(H2,15,19)(H,17,18). The Balaban J connectivity index is 2.29. The molecule has 0 amide bonds. The van der Waals surface area contributed by atoms with Crippen LogP contribution in [0.3, 0.4) is 0 Å². The average molecular weight is 362 g/mol. The summed E-state index contributed by atoms with van der Waals surface area (Å²) in [6, 6.07) is 2.50. The maximum atomic E-state index is 13.1. The van der Waals surface area contributed by atoms with Crippen molar-refractivity contribution in [2.24, 2.45) is 5.73 Å². The summed E-state index contributed by atoms with van der Waals surface area (Å²) in [6.07, 6.45) is 2.90. The second-order valence-electron chi connectivity index (χ2n) is 3.52. The number of halogens is 3. The van der Waals surface area contributed by atoms with E-state index in [2.05, 4.69) is 31.2 Å². The molecule has 19 heavy (non-hydrogen) atoms. The molecule has 8 heteroatoms. The van der Waals surface area contributed by atoms with E-state index in [1.165, 1.54) is 24.5 Å². The fourth-order valence-corrected chi connectivity index (χ4v) is 2.31. The van der Waals surface area contributed by atoms with Crippen LogP contribution >= 0.6 is 39.7 Å². The van der Waals surface area contributed by atoms with Gasteiger partial charge in [-0.1, -0.05) is 23.8 Å². The molecule has 0 aliphatic heterocycles. The van der Waals surface area contributed by atoms with E-state index in [0.717, 1.165) is 0 Å². The fraction of sp³-hybridized carbons (Fsp3) is 0. The zero-order valence-electron chi connectivity index (χ0n) is 9.32. The van der Waals surface area contributed by atoms with Gasteiger partial charge in [-0.3, -0.25) is 0 Å². The molecule has 1 aromatic carbocycles. The van der Waals surface area contributed by atoms with E-state index in [-0.39, 0.29) is 10.0 Å². The molecule has 0 atom stereocenters. The molecule has 0 saturated carbocycles. The second kappa shape index (κ2) is 5.77. The van der Waals surface area contributed by atoms with Gasteiger partial charge in [0.2, 0.25) is 0 Å². The van der Waals surface area contributed by atoms with Gasteiger partial charge in [-0.15, -0.1) is 0 Å². The third kappa shape index (κ3) is 3.37. The van der Waals surface area contributed by atoms with Gasteiger partial charge in [-0.2, -0.15) is 0 Å². The van der Waals surface area contributed by atoms with E-state index in [4.69, 9.17) is 29.6 Å². The molecule has 1 aromatic heterocycles. The summed E-state index contributed by atoms with van der Waals surface area (Å²) < 4.78 is 13.6. The predicted molar refractivity (Wildman–Crippen MR) is 80.3 cm³/mol. The highest BCUT2D eigenvalue weighted by atomic mass is 79.9. The molecule has 98 valence electrons. The number of benzene rings is 1. The molecule has 2 aromatic rings. The van der Waals surface area contributed by atoms with Gasteiger partial charge in [-0.25, -0.2) is 14.4 Å². The lowest BCUT2D eigenvalue weighted by molar-refractivity contribution is 0.627. The van der Waals surface area contributed by atoms with Gasteiger partial charge in [0.1, 0.15) is 22.3 Å².